The first-order valence-electron chi connectivity index (χ1n) is 4.75. The highest BCUT2D eigenvalue weighted by Gasteiger charge is 1.99. The van der Waals surface area contributed by atoms with Gasteiger partial charge in [-0.25, -0.2) is 4.79 Å². The monoisotopic (exact) mass is 201 g/mol. The molecule has 82 valence electrons. The highest BCUT2D eigenvalue weighted by Crippen LogP contribution is 1.82. The molecule has 0 aromatic heterocycles. The zero-order valence-corrected chi connectivity index (χ0v) is 8.97. The van der Waals surface area contributed by atoms with Crippen molar-refractivity contribution >= 4 is 5.97 Å². The summed E-state index contributed by atoms with van der Waals surface area (Å²) in [5.74, 6) is -0.313. The molecule has 0 aliphatic rings. The van der Waals surface area contributed by atoms with Gasteiger partial charge in [0, 0.05) is 13.1 Å². The van der Waals surface area contributed by atoms with Crippen LogP contribution in [0, 0.1) is 0 Å². The van der Waals surface area contributed by atoms with E-state index in [2.05, 4.69) is 16.6 Å². The fraction of sp³-hybridized carbons (Fsp3) is 0.700. The summed E-state index contributed by atoms with van der Waals surface area (Å²) in [5.41, 5.74) is 1.08. The Morgan fingerprint density at radius 3 is 2.79 bits per heavy atom. The van der Waals surface area contributed by atoms with Crippen LogP contribution in [0.5, 0.6) is 0 Å². The molecule has 0 aliphatic carbocycles. The fourth-order valence-electron chi connectivity index (χ4n) is 0.804. The Morgan fingerprint density at radius 1 is 1.50 bits per heavy atom. The molecule has 0 heterocycles. The van der Waals surface area contributed by atoms with E-state index in [1.165, 1.54) is 0 Å². The molecule has 0 spiro atoms. The minimum atomic E-state index is -0.313. The van der Waals surface area contributed by atoms with E-state index < -0.39 is 0 Å². The molecule has 0 atom stereocenters. The molecule has 4 nitrogen and oxygen atoms in total. The van der Waals surface area contributed by atoms with E-state index in [-0.39, 0.29) is 12.6 Å². The second-order valence-corrected chi connectivity index (χ2v) is 2.99. The van der Waals surface area contributed by atoms with Gasteiger partial charge in [-0.2, -0.15) is 0 Å². The van der Waals surface area contributed by atoms with E-state index in [1.54, 1.807) is 6.92 Å². The van der Waals surface area contributed by atoms with Gasteiger partial charge >= 0.3 is 5.97 Å². The normalized spacial score (nSPS) is 9.86. The number of rotatable bonds is 8. The smallest absolute Gasteiger partial charge is 0.332 e. The third kappa shape index (κ3) is 9.22. The molecule has 4 heteroatoms. The first kappa shape index (κ1) is 13.1. The molecule has 0 aliphatic heterocycles. The van der Waals surface area contributed by atoms with Crippen molar-refractivity contribution in [3.8, 4) is 0 Å². The summed E-state index contributed by atoms with van der Waals surface area (Å²) in [6.45, 7) is 9.90. The summed E-state index contributed by atoms with van der Waals surface area (Å²) >= 11 is 0. The van der Waals surface area contributed by atoms with Crippen LogP contribution in [0.2, 0.25) is 0 Å². The highest BCUT2D eigenvalue weighted by atomic mass is 16.6. The number of ether oxygens (including phenoxy) is 2. The van der Waals surface area contributed by atoms with Crippen molar-refractivity contribution in [2.75, 3.05) is 32.9 Å². The maximum absolute atomic E-state index is 10.8. The largest absolute Gasteiger partial charge is 0.464 e. The van der Waals surface area contributed by atoms with E-state index in [0.717, 1.165) is 12.1 Å². The molecule has 0 fully saturated rings. The van der Waals surface area contributed by atoms with Crippen molar-refractivity contribution < 1.29 is 14.3 Å². The van der Waals surface area contributed by atoms with Gasteiger partial charge in [-0.15, -0.1) is 0 Å². The van der Waals surface area contributed by atoms with Crippen molar-refractivity contribution in [1.29, 1.82) is 0 Å². The second kappa shape index (κ2) is 8.72. The minimum absolute atomic E-state index is 0.0303. The Bertz CT molecular complexity index is 180. The molecule has 14 heavy (non-hydrogen) atoms. The summed E-state index contributed by atoms with van der Waals surface area (Å²) in [5, 5.41) is 3.11. The van der Waals surface area contributed by atoms with Crippen LogP contribution in [-0.2, 0) is 14.3 Å². The highest BCUT2D eigenvalue weighted by molar-refractivity contribution is 5.70. The van der Waals surface area contributed by atoms with E-state index in [9.17, 15) is 4.79 Å². The van der Waals surface area contributed by atoms with Crippen LogP contribution in [0.3, 0.4) is 0 Å². The van der Waals surface area contributed by atoms with Crippen LogP contribution in [0.4, 0.5) is 0 Å². The Kier molecular flexibility index (Phi) is 8.17. The predicted molar refractivity (Wildman–Crippen MR) is 55.1 cm³/mol. The Labute approximate surface area is 85.3 Å². The van der Waals surface area contributed by atoms with E-state index >= 15 is 0 Å². The maximum Gasteiger partial charge on any atom is 0.332 e. The average molecular weight is 201 g/mol. The van der Waals surface area contributed by atoms with E-state index in [4.69, 9.17) is 4.74 Å². The zero-order valence-electron chi connectivity index (χ0n) is 8.97. The van der Waals surface area contributed by atoms with Crippen LogP contribution in [0.1, 0.15) is 13.8 Å². The van der Waals surface area contributed by atoms with Gasteiger partial charge in [-0.1, -0.05) is 12.2 Å². The summed E-state index contributed by atoms with van der Waals surface area (Å²) in [6, 6.07) is 0. The minimum Gasteiger partial charge on any atom is -0.464 e. The lowest BCUT2D eigenvalue weighted by Crippen LogP contribution is -2.23. The molecule has 0 radical (unpaired) electrons. The summed E-state index contributed by atoms with van der Waals surface area (Å²) in [6.07, 6.45) is 0. The Morgan fingerprint density at radius 2 is 2.21 bits per heavy atom. The molecule has 0 saturated heterocycles. The second-order valence-electron chi connectivity index (χ2n) is 2.99. The molecule has 0 aromatic carbocycles. The number of carbonyl (C=O) groups is 1. The average Bonchev–Trinajstić information content (AvgIpc) is 2.11. The number of nitrogens with one attached hydrogen (secondary N) is 1. The topological polar surface area (TPSA) is 47.6 Å². The van der Waals surface area contributed by atoms with Gasteiger partial charge in [0.05, 0.1) is 13.2 Å². The third-order valence-corrected chi connectivity index (χ3v) is 1.38. The lowest BCUT2D eigenvalue weighted by molar-refractivity contribution is -0.148. The van der Waals surface area contributed by atoms with Crippen molar-refractivity contribution in [1.82, 2.24) is 5.32 Å². The predicted octanol–water partition coefficient (Wildman–Crippen LogP) is 0.732. The molecular formula is C10H19NO3. The van der Waals surface area contributed by atoms with Crippen LogP contribution in [0.25, 0.3) is 0 Å². The number of hydrogen-bond acceptors (Lipinski definition) is 4. The van der Waals surface area contributed by atoms with Gasteiger partial charge in [0.25, 0.3) is 0 Å². The van der Waals surface area contributed by atoms with Gasteiger partial charge in [0.15, 0.2) is 0 Å². The summed E-state index contributed by atoms with van der Waals surface area (Å²) in [4.78, 5) is 10.8. The Hall–Kier alpha value is -0.870. The lowest BCUT2D eigenvalue weighted by Gasteiger charge is -2.05. The van der Waals surface area contributed by atoms with E-state index in [0.29, 0.717) is 19.8 Å². The Balaban J connectivity index is 3.13. The molecule has 0 rings (SSSR count). The first-order valence-corrected chi connectivity index (χ1v) is 4.75. The zero-order chi connectivity index (χ0) is 10.8. The van der Waals surface area contributed by atoms with Gasteiger partial charge in [0.1, 0.15) is 6.61 Å². The van der Waals surface area contributed by atoms with Crippen LogP contribution in [-0.4, -0.2) is 38.9 Å². The maximum atomic E-state index is 10.8. The molecule has 1 N–H and O–H groups in total. The van der Waals surface area contributed by atoms with Gasteiger partial charge in [0.2, 0.25) is 0 Å². The first-order chi connectivity index (χ1) is 6.66. The number of hydrogen-bond donors (Lipinski definition) is 1. The van der Waals surface area contributed by atoms with Gasteiger partial charge in [-0.3, -0.25) is 0 Å². The number of esters is 1. The number of carbonyl (C=O) groups excluding carboxylic acids is 1. The summed E-state index contributed by atoms with van der Waals surface area (Å²) in [7, 11) is 0. The SMILES string of the molecule is C=C(C)CNCCOCC(=O)OCC. The van der Waals surface area contributed by atoms with Crippen LogP contribution >= 0.6 is 0 Å². The molecule has 0 bridgehead atoms. The molecule has 0 saturated carbocycles. The summed E-state index contributed by atoms with van der Waals surface area (Å²) < 4.78 is 9.75. The van der Waals surface area contributed by atoms with Crippen molar-refractivity contribution in [2.45, 2.75) is 13.8 Å². The molecular weight excluding hydrogens is 182 g/mol. The van der Waals surface area contributed by atoms with Gasteiger partial charge in [-0.05, 0) is 13.8 Å². The fourth-order valence-corrected chi connectivity index (χ4v) is 0.804. The van der Waals surface area contributed by atoms with Crippen molar-refractivity contribution in [3.63, 3.8) is 0 Å². The quantitative estimate of drug-likeness (QED) is 0.357. The van der Waals surface area contributed by atoms with Gasteiger partial charge < -0.3 is 14.8 Å². The van der Waals surface area contributed by atoms with Crippen LogP contribution < -0.4 is 5.32 Å². The lowest BCUT2D eigenvalue weighted by atomic mass is 10.3. The van der Waals surface area contributed by atoms with E-state index in [1.807, 2.05) is 6.92 Å². The van der Waals surface area contributed by atoms with Crippen molar-refractivity contribution in [3.05, 3.63) is 12.2 Å². The third-order valence-electron chi connectivity index (χ3n) is 1.38. The molecule has 0 amide bonds. The standard InChI is InChI=1S/C10H19NO3/c1-4-14-10(12)8-13-6-5-11-7-9(2)3/h11H,2,4-8H2,1,3H3. The molecule has 0 unspecified atom stereocenters. The van der Waals surface area contributed by atoms with Crippen LogP contribution in [0.15, 0.2) is 12.2 Å². The molecule has 0 aromatic rings. The van der Waals surface area contributed by atoms with Crippen molar-refractivity contribution in [2.24, 2.45) is 0 Å².